The van der Waals surface area contributed by atoms with Crippen LogP contribution in [0.2, 0.25) is 0 Å². The van der Waals surface area contributed by atoms with Gasteiger partial charge in [-0.2, -0.15) is 15.0 Å². The van der Waals surface area contributed by atoms with Crippen LogP contribution in [0.1, 0.15) is 5.69 Å². The van der Waals surface area contributed by atoms with Crippen molar-refractivity contribution in [3.05, 3.63) is 46.2 Å². The van der Waals surface area contributed by atoms with Crippen molar-refractivity contribution in [3.8, 4) is 11.3 Å². The van der Waals surface area contributed by atoms with Gasteiger partial charge in [0.15, 0.2) is 0 Å². The number of aryl methyl sites for hydroxylation is 2. The minimum absolute atomic E-state index is 0.112. The van der Waals surface area contributed by atoms with Gasteiger partial charge in [0.1, 0.15) is 11.4 Å². The fraction of sp³-hybridized carbons (Fsp3) is 0.182. The summed E-state index contributed by atoms with van der Waals surface area (Å²) in [5.74, 6) is 0. The van der Waals surface area contributed by atoms with Crippen molar-refractivity contribution in [1.29, 1.82) is 0 Å². The largest absolute Gasteiger partial charge is 0.285 e. The fourth-order valence-electron chi connectivity index (χ4n) is 1.43. The lowest BCUT2D eigenvalue weighted by molar-refractivity contribution is 0.604. The molecule has 4 nitrogen and oxygen atoms in total. The van der Waals surface area contributed by atoms with E-state index in [1.54, 1.807) is 14.0 Å². The third-order valence-corrected chi connectivity index (χ3v) is 2.13. The van der Waals surface area contributed by atoms with Crippen LogP contribution < -0.4 is 5.43 Å². The first-order valence-corrected chi connectivity index (χ1v) is 4.66. The van der Waals surface area contributed by atoms with Crippen LogP contribution in [0, 0.1) is 6.92 Å². The predicted octanol–water partition coefficient (Wildman–Crippen LogP) is 1.15. The molecule has 15 heavy (non-hydrogen) atoms. The van der Waals surface area contributed by atoms with E-state index in [9.17, 15) is 4.79 Å². The van der Waals surface area contributed by atoms with Crippen molar-refractivity contribution in [2.24, 2.45) is 7.05 Å². The molecule has 0 bridgehead atoms. The quantitative estimate of drug-likeness (QED) is 0.695. The van der Waals surface area contributed by atoms with Crippen molar-refractivity contribution in [2.75, 3.05) is 0 Å². The molecule has 76 valence electrons. The van der Waals surface area contributed by atoms with Crippen LogP contribution in [0.25, 0.3) is 11.3 Å². The zero-order valence-electron chi connectivity index (χ0n) is 8.64. The number of nitrogens with zero attached hydrogens (tertiary/aromatic N) is 3. The fourth-order valence-corrected chi connectivity index (χ4v) is 1.43. The molecule has 4 heteroatoms. The topological polar surface area (TPSA) is 47.8 Å². The van der Waals surface area contributed by atoms with Crippen molar-refractivity contribution in [1.82, 2.24) is 15.0 Å². The van der Waals surface area contributed by atoms with Gasteiger partial charge in [-0.25, -0.2) is 0 Å². The molecule has 0 radical (unpaired) electrons. The van der Waals surface area contributed by atoms with Crippen LogP contribution >= 0.6 is 0 Å². The third kappa shape index (κ3) is 1.79. The van der Waals surface area contributed by atoms with Gasteiger partial charge in [0.25, 0.3) is 0 Å². The second-order valence-electron chi connectivity index (χ2n) is 3.32. The molecule has 0 saturated heterocycles. The standard InChI is InChI=1S/C11H11N3O/c1-8-11(15)10(13-14(2)12-8)9-6-4-3-5-7-9/h3-7H,1-2H3. The van der Waals surface area contributed by atoms with Gasteiger partial charge in [0.05, 0.1) is 0 Å². The van der Waals surface area contributed by atoms with Crippen LogP contribution in [0.5, 0.6) is 0 Å². The van der Waals surface area contributed by atoms with Crippen molar-refractivity contribution < 1.29 is 0 Å². The Labute approximate surface area is 87.2 Å². The molecule has 0 amide bonds. The van der Waals surface area contributed by atoms with Gasteiger partial charge < -0.3 is 0 Å². The average molecular weight is 201 g/mol. The maximum Gasteiger partial charge on any atom is 0.229 e. The second kappa shape index (κ2) is 3.65. The Bertz CT molecular complexity index is 531. The molecule has 0 aliphatic rings. The Balaban J connectivity index is 2.69. The molecule has 0 saturated carbocycles. The lowest BCUT2D eigenvalue weighted by Gasteiger charge is -2.03. The summed E-state index contributed by atoms with van der Waals surface area (Å²) in [6, 6.07) is 9.40. The summed E-state index contributed by atoms with van der Waals surface area (Å²) >= 11 is 0. The second-order valence-corrected chi connectivity index (χ2v) is 3.32. The summed E-state index contributed by atoms with van der Waals surface area (Å²) in [6.45, 7) is 1.69. The zero-order chi connectivity index (χ0) is 10.8. The van der Waals surface area contributed by atoms with E-state index in [1.807, 2.05) is 30.3 Å². The first kappa shape index (κ1) is 9.58. The molecule has 0 aliphatic carbocycles. The summed E-state index contributed by atoms with van der Waals surface area (Å²) < 4.78 is 0. The number of benzene rings is 1. The van der Waals surface area contributed by atoms with Gasteiger partial charge in [-0.3, -0.25) is 4.79 Å². The van der Waals surface area contributed by atoms with E-state index < -0.39 is 0 Å². The monoisotopic (exact) mass is 201 g/mol. The minimum atomic E-state index is -0.112. The van der Waals surface area contributed by atoms with Gasteiger partial charge in [0.2, 0.25) is 5.43 Å². The third-order valence-electron chi connectivity index (χ3n) is 2.13. The van der Waals surface area contributed by atoms with Gasteiger partial charge in [-0.05, 0) is 6.92 Å². The van der Waals surface area contributed by atoms with Crippen LogP contribution in [0.4, 0.5) is 0 Å². The summed E-state index contributed by atoms with van der Waals surface area (Å²) in [7, 11) is 1.71. The number of hydrogen-bond acceptors (Lipinski definition) is 3. The van der Waals surface area contributed by atoms with E-state index in [2.05, 4.69) is 10.2 Å². The highest BCUT2D eigenvalue weighted by molar-refractivity contribution is 5.58. The Morgan fingerprint density at radius 1 is 1.13 bits per heavy atom. The number of hydrogen-bond donors (Lipinski definition) is 0. The van der Waals surface area contributed by atoms with E-state index in [0.29, 0.717) is 11.4 Å². The molecule has 1 aromatic heterocycles. The highest BCUT2D eigenvalue weighted by Gasteiger charge is 2.07. The first-order valence-electron chi connectivity index (χ1n) is 4.66. The molecular weight excluding hydrogens is 190 g/mol. The molecule has 0 fully saturated rings. The summed E-state index contributed by atoms with van der Waals surface area (Å²) in [4.78, 5) is 13.2. The minimum Gasteiger partial charge on any atom is -0.285 e. The van der Waals surface area contributed by atoms with Crippen LogP contribution in [-0.4, -0.2) is 15.0 Å². The smallest absolute Gasteiger partial charge is 0.229 e. The van der Waals surface area contributed by atoms with E-state index in [1.165, 1.54) is 4.80 Å². The van der Waals surface area contributed by atoms with E-state index in [4.69, 9.17) is 0 Å². The molecule has 0 unspecified atom stereocenters. The maximum atomic E-state index is 11.8. The predicted molar refractivity (Wildman–Crippen MR) is 57.4 cm³/mol. The molecule has 2 aromatic rings. The molecule has 2 rings (SSSR count). The van der Waals surface area contributed by atoms with E-state index in [0.717, 1.165) is 5.56 Å². The summed E-state index contributed by atoms with van der Waals surface area (Å²) in [5.41, 5.74) is 1.62. The molecular formula is C11H11N3O. The zero-order valence-corrected chi connectivity index (χ0v) is 8.64. The maximum absolute atomic E-state index is 11.8. The van der Waals surface area contributed by atoms with Crippen molar-refractivity contribution in [3.63, 3.8) is 0 Å². The Morgan fingerprint density at radius 3 is 2.47 bits per heavy atom. The van der Waals surface area contributed by atoms with Gasteiger partial charge >= 0.3 is 0 Å². The molecule has 0 N–H and O–H groups in total. The molecule has 0 atom stereocenters. The lowest BCUT2D eigenvalue weighted by atomic mass is 10.1. The van der Waals surface area contributed by atoms with Crippen LogP contribution in [0.15, 0.2) is 35.1 Å². The lowest BCUT2D eigenvalue weighted by Crippen LogP contribution is -2.19. The summed E-state index contributed by atoms with van der Waals surface area (Å²) in [6.07, 6.45) is 0. The number of rotatable bonds is 1. The first-order chi connectivity index (χ1) is 7.18. The van der Waals surface area contributed by atoms with Gasteiger partial charge in [-0.1, -0.05) is 30.3 Å². The Morgan fingerprint density at radius 2 is 1.80 bits per heavy atom. The average Bonchev–Trinajstić information content (AvgIpc) is 2.24. The van der Waals surface area contributed by atoms with Crippen molar-refractivity contribution >= 4 is 0 Å². The van der Waals surface area contributed by atoms with E-state index in [-0.39, 0.29) is 5.43 Å². The molecule has 0 spiro atoms. The van der Waals surface area contributed by atoms with Crippen molar-refractivity contribution in [2.45, 2.75) is 6.92 Å². The Hall–Kier alpha value is -1.97. The molecule has 0 aliphatic heterocycles. The van der Waals surface area contributed by atoms with Crippen LogP contribution in [0.3, 0.4) is 0 Å². The van der Waals surface area contributed by atoms with Gasteiger partial charge in [-0.15, -0.1) is 0 Å². The van der Waals surface area contributed by atoms with E-state index >= 15 is 0 Å². The SMILES string of the molecule is Cc1nn(C)nc(-c2ccccc2)c1=O. The molecule has 1 aromatic carbocycles. The van der Waals surface area contributed by atoms with Crippen LogP contribution in [-0.2, 0) is 7.05 Å². The molecule has 1 heterocycles. The summed E-state index contributed by atoms with van der Waals surface area (Å²) in [5, 5.41) is 8.05. The normalized spacial score (nSPS) is 10.3. The Kier molecular flexibility index (Phi) is 2.33. The van der Waals surface area contributed by atoms with Gasteiger partial charge in [0, 0.05) is 12.6 Å². The highest BCUT2D eigenvalue weighted by Crippen LogP contribution is 2.10. The number of aromatic nitrogens is 3. The highest BCUT2D eigenvalue weighted by atomic mass is 16.1.